The van der Waals surface area contributed by atoms with Crippen LogP contribution < -0.4 is 0 Å². The van der Waals surface area contributed by atoms with Crippen molar-refractivity contribution in [3.05, 3.63) is 23.3 Å². The van der Waals surface area contributed by atoms with Crippen LogP contribution in [0.4, 0.5) is 0 Å². The molecule has 44 valence electrons. The molecular formula is C6H8OS. The third-order valence-corrected chi connectivity index (χ3v) is 1.77. The first kappa shape index (κ1) is 5.76. The molecule has 8 heavy (non-hydrogen) atoms. The Hall–Kier alpha value is -0.370. The Labute approximate surface area is 53.6 Å². The number of allylic oxidation sites excluding steroid dienone is 3. The minimum atomic E-state index is 1.06. The molecule has 1 aliphatic rings. The molecule has 0 aromatic rings. The van der Waals surface area contributed by atoms with Crippen molar-refractivity contribution in [1.29, 1.82) is 0 Å². The third-order valence-electron chi connectivity index (χ3n) is 0.920. The molecule has 0 aliphatic carbocycles. The van der Waals surface area contributed by atoms with E-state index in [4.69, 9.17) is 4.18 Å². The fourth-order valence-electron chi connectivity index (χ4n) is 0.473. The molecule has 0 unspecified atom stereocenters. The fraction of sp³-hybridized carbons (Fsp3) is 0.333. The zero-order chi connectivity index (χ0) is 5.82. The van der Waals surface area contributed by atoms with Gasteiger partial charge in [-0.3, -0.25) is 0 Å². The van der Waals surface area contributed by atoms with E-state index in [2.05, 4.69) is 13.0 Å². The second-order valence-corrected chi connectivity index (χ2v) is 2.38. The standard InChI is InChI=1S/C6H8OS/c1-2-6-4-3-5-7-8-6/h3-5H,2H2,1H3. The first-order chi connectivity index (χ1) is 3.93. The number of hydrogen-bond donors (Lipinski definition) is 0. The van der Waals surface area contributed by atoms with E-state index in [-0.39, 0.29) is 0 Å². The van der Waals surface area contributed by atoms with E-state index >= 15 is 0 Å². The molecule has 0 bridgehead atoms. The molecule has 0 radical (unpaired) electrons. The maximum Gasteiger partial charge on any atom is 0.102 e. The van der Waals surface area contributed by atoms with E-state index < -0.39 is 0 Å². The highest BCUT2D eigenvalue weighted by Crippen LogP contribution is 2.23. The lowest BCUT2D eigenvalue weighted by molar-refractivity contribution is 0.566. The molecule has 0 spiro atoms. The van der Waals surface area contributed by atoms with Crippen molar-refractivity contribution in [2.75, 3.05) is 0 Å². The van der Waals surface area contributed by atoms with Gasteiger partial charge in [0, 0.05) is 4.91 Å². The predicted octanol–water partition coefficient (Wildman–Crippen LogP) is 2.47. The monoisotopic (exact) mass is 128 g/mol. The van der Waals surface area contributed by atoms with Gasteiger partial charge in [0.2, 0.25) is 0 Å². The molecule has 0 aromatic heterocycles. The molecule has 0 saturated heterocycles. The van der Waals surface area contributed by atoms with Gasteiger partial charge < -0.3 is 4.18 Å². The summed E-state index contributed by atoms with van der Waals surface area (Å²) in [4.78, 5) is 1.28. The minimum Gasteiger partial charge on any atom is -0.429 e. The van der Waals surface area contributed by atoms with Crippen molar-refractivity contribution in [3.8, 4) is 0 Å². The summed E-state index contributed by atoms with van der Waals surface area (Å²) in [5, 5.41) is 0. The Balaban J connectivity index is 2.50. The zero-order valence-corrected chi connectivity index (χ0v) is 5.57. The summed E-state index contributed by atoms with van der Waals surface area (Å²) in [6, 6.07) is 0. The molecule has 0 fully saturated rings. The second kappa shape index (κ2) is 2.82. The van der Waals surface area contributed by atoms with Crippen LogP contribution >= 0.6 is 12.0 Å². The highest BCUT2D eigenvalue weighted by Gasteiger charge is 1.95. The second-order valence-electron chi connectivity index (χ2n) is 1.49. The molecule has 0 saturated carbocycles. The maximum atomic E-state index is 4.94. The first-order valence-electron chi connectivity index (χ1n) is 2.62. The lowest BCUT2D eigenvalue weighted by Gasteiger charge is -2.03. The topological polar surface area (TPSA) is 9.23 Å². The molecule has 1 heterocycles. The quantitative estimate of drug-likeness (QED) is 0.502. The molecule has 0 atom stereocenters. The van der Waals surface area contributed by atoms with Gasteiger partial charge in [0.15, 0.2) is 0 Å². The Morgan fingerprint density at radius 3 is 3.00 bits per heavy atom. The molecule has 1 rings (SSSR count). The lowest BCUT2D eigenvalue weighted by Crippen LogP contribution is -1.77. The van der Waals surface area contributed by atoms with Gasteiger partial charge in [0.1, 0.15) is 6.26 Å². The van der Waals surface area contributed by atoms with Gasteiger partial charge in [-0.1, -0.05) is 6.92 Å². The van der Waals surface area contributed by atoms with Crippen molar-refractivity contribution in [3.63, 3.8) is 0 Å². The Bertz CT molecular complexity index is 126. The highest BCUT2D eigenvalue weighted by molar-refractivity contribution is 7.98. The Morgan fingerprint density at radius 1 is 1.75 bits per heavy atom. The summed E-state index contributed by atoms with van der Waals surface area (Å²) >= 11 is 1.44. The van der Waals surface area contributed by atoms with Crippen LogP contribution in [0.5, 0.6) is 0 Å². The number of rotatable bonds is 1. The third kappa shape index (κ3) is 1.30. The molecule has 0 aromatic carbocycles. The van der Waals surface area contributed by atoms with Crippen molar-refractivity contribution in [2.45, 2.75) is 13.3 Å². The fourth-order valence-corrected chi connectivity index (χ4v) is 0.968. The molecule has 2 heteroatoms. The summed E-state index contributed by atoms with van der Waals surface area (Å²) in [6.45, 7) is 2.11. The molecule has 0 amide bonds. The van der Waals surface area contributed by atoms with E-state index in [1.165, 1.54) is 16.9 Å². The van der Waals surface area contributed by atoms with Gasteiger partial charge in [-0.15, -0.1) is 0 Å². The van der Waals surface area contributed by atoms with Crippen LogP contribution in [0.2, 0.25) is 0 Å². The van der Waals surface area contributed by atoms with Crippen molar-refractivity contribution in [1.82, 2.24) is 0 Å². The Kier molecular flexibility index (Phi) is 2.03. The summed E-state index contributed by atoms with van der Waals surface area (Å²) in [6.07, 6.45) is 6.72. The van der Waals surface area contributed by atoms with Crippen LogP contribution in [0.3, 0.4) is 0 Å². The average molecular weight is 128 g/mol. The van der Waals surface area contributed by atoms with E-state index in [0.717, 1.165) is 6.42 Å². The van der Waals surface area contributed by atoms with Crippen LogP contribution in [0, 0.1) is 0 Å². The summed E-state index contributed by atoms with van der Waals surface area (Å²) < 4.78 is 4.94. The van der Waals surface area contributed by atoms with Gasteiger partial charge in [-0.05, 0) is 18.6 Å². The largest absolute Gasteiger partial charge is 0.429 e. The minimum absolute atomic E-state index is 1.06. The predicted molar refractivity (Wildman–Crippen MR) is 36.2 cm³/mol. The van der Waals surface area contributed by atoms with Gasteiger partial charge in [0.25, 0.3) is 0 Å². The zero-order valence-electron chi connectivity index (χ0n) is 4.76. The molecular weight excluding hydrogens is 120 g/mol. The van der Waals surface area contributed by atoms with Crippen LogP contribution in [-0.4, -0.2) is 0 Å². The normalized spacial score (nSPS) is 17.4. The average Bonchev–Trinajstić information content (AvgIpc) is 1.90. The van der Waals surface area contributed by atoms with E-state index in [1.54, 1.807) is 6.26 Å². The molecule has 1 aliphatic heterocycles. The number of hydrogen-bond acceptors (Lipinski definition) is 2. The van der Waals surface area contributed by atoms with Crippen LogP contribution in [-0.2, 0) is 4.18 Å². The summed E-state index contributed by atoms with van der Waals surface area (Å²) in [5.41, 5.74) is 0. The van der Waals surface area contributed by atoms with Gasteiger partial charge in [-0.2, -0.15) is 0 Å². The van der Waals surface area contributed by atoms with Crippen molar-refractivity contribution >= 4 is 12.0 Å². The van der Waals surface area contributed by atoms with Crippen LogP contribution in [0.1, 0.15) is 13.3 Å². The maximum absolute atomic E-state index is 4.94. The molecule has 1 nitrogen and oxygen atoms in total. The summed E-state index contributed by atoms with van der Waals surface area (Å²) in [7, 11) is 0. The SMILES string of the molecule is CCC1=CC=COS1. The van der Waals surface area contributed by atoms with E-state index in [0.29, 0.717) is 0 Å². The van der Waals surface area contributed by atoms with Gasteiger partial charge >= 0.3 is 0 Å². The van der Waals surface area contributed by atoms with Crippen LogP contribution in [0.25, 0.3) is 0 Å². The Morgan fingerprint density at radius 2 is 2.62 bits per heavy atom. The van der Waals surface area contributed by atoms with Crippen molar-refractivity contribution in [2.24, 2.45) is 0 Å². The van der Waals surface area contributed by atoms with E-state index in [9.17, 15) is 0 Å². The first-order valence-corrected chi connectivity index (χ1v) is 3.36. The van der Waals surface area contributed by atoms with Gasteiger partial charge in [0.05, 0.1) is 12.0 Å². The summed E-state index contributed by atoms with van der Waals surface area (Å²) in [5.74, 6) is 0. The lowest BCUT2D eigenvalue weighted by atomic mass is 10.4. The highest BCUT2D eigenvalue weighted by atomic mass is 32.2. The smallest absolute Gasteiger partial charge is 0.102 e. The van der Waals surface area contributed by atoms with Gasteiger partial charge in [-0.25, -0.2) is 0 Å². The van der Waals surface area contributed by atoms with Crippen LogP contribution in [0.15, 0.2) is 23.3 Å². The molecule has 0 N–H and O–H groups in total. The van der Waals surface area contributed by atoms with E-state index in [1.807, 2.05) is 6.08 Å². The van der Waals surface area contributed by atoms with Crippen molar-refractivity contribution < 1.29 is 4.18 Å².